The van der Waals surface area contributed by atoms with Gasteiger partial charge in [-0.3, -0.25) is 4.68 Å². The molecule has 0 amide bonds. The van der Waals surface area contributed by atoms with Crippen LogP contribution in [0.3, 0.4) is 0 Å². The van der Waals surface area contributed by atoms with Gasteiger partial charge in [0.05, 0.1) is 0 Å². The second-order valence-electron chi connectivity index (χ2n) is 4.27. The Bertz CT molecular complexity index is 535. The van der Waals surface area contributed by atoms with E-state index in [-0.39, 0.29) is 0 Å². The number of aryl methyl sites for hydroxylation is 2. The van der Waals surface area contributed by atoms with Crippen molar-refractivity contribution in [3.8, 4) is 0 Å². The Hall–Kier alpha value is -2.18. The van der Waals surface area contributed by atoms with Gasteiger partial charge in [-0.15, -0.1) is 0 Å². The summed E-state index contributed by atoms with van der Waals surface area (Å²) in [4.78, 5) is 12.8. The van der Waals surface area contributed by atoms with E-state index in [4.69, 9.17) is 0 Å². The summed E-state index contributed by atoms with van der Waals surface area (Å²) in [5, 5.41) is 10.6. The van der Waals surface area contributed by atoms with Crippen molar-refractivity contribution in [1.82, 2.24) is 24.7 Å². The first-order chi connectivity index (χ1) is 9.19. The second-order valence-corrected chi connectivity index (χ2v) is 4.27. The predicted octanol–water partition coefficient (Wildman–Crippen LogP) is 1.000. The topological polar surface area (TPSA) is 80.5 Å². The van der Waals surface area contributed by atoms with E-state index in [1.165, 1.54) is 0 Å². The Morgan fingerprint density at radius 1 is 1.26 bits per heavy atom. The van der Waals surface area contributed by atoms with Crippen LogP contribution in [-0.4, -0.2) is 37.8 Å². The normalized spacial score (nSPS) is 10.5. The molecule has 0 bridgehead atoms. The van der Waals surface area contributed by atoms with Crippen LogP contribution in [0.4, 0.5) is 11.8 Å². The average Bonchev–Trinajstić information content (AvgIpc) is 2.79. The van der Waals surface area contributed by atoms with E-state index in [9.17, 15) is 0 Å². The van der Waals surface area contributed by atoms with E-state index in [0.29, 0.717) is 5.95 Å². The van der Waals surface area contributed by atoms with Crippen molar-refractivity contribution in [3.63, 3.8) is 0 Å². The van der Waals surface area contributed by atoms with Gasteiger partial charge in [0.25, 0.3) is 0 Å². The van der Waals surface area contributed by atoms with E-state index in [0.717, 1.165) is 36.7 Å². The third kappa shape index (κ3) is 3.64. The molecule has 19 heavy (non-hydrogen) atoms. The van der Waals surface area contributed by atoms with Crippen molar-refractivity contribution in [3.05, 3.63) is 23.9 Å². The van der Waals surface area contributed by atoms with Crippen LogP contribution in [0.25, 0.3) is 0 Å². The van der Waals surface area contributed by atoms with Crippen molar-refractivity contribution in [2.24, 2.45) is 7.05 Å². The molecule has 0 aliphatic rings. The molecule has 7 nitrogen and oxygen atoms in total. The molecule has 2 aromatic rings. The molecule has 0 spiro atoms. The Kier molecular flexibility index (Phi) is 4.27. The Morgan fingerprint density at radius 2 is 2.11 bits per heavy atom. The molecule has 0 aliphatic carbocycles. The summed E-state index contributed by atoms with van der Waals surface area (Å²) in [5.41, 5.74) is 1.02. The lowest BCUT2D eigenvalue weighted by atomic mass is 10.3. The van der Waals surface area contributed by atoms with E-state index >= 15 is 0 Å². The SMILES string of the molecule is CCNc1ncc(C)c(NCCc2ncn(C)n2)n1. The van der Waals surface area contributed by atoms with Crippen LogP contribution in [0, 0.1) is 6.92 Å². The molecular weight excluding hydrogens is 242 g/mol. The van der Waals surface area contributed by atoms with Crippen LogP contribution < -0.4 is 10.6 Å². The number of rotatable bonds is 6. The molecule has 2 N–H and O–H groups in total. The Morgan fingerprint density at radius 3 is 2.79 bits per heavy atom. The minimum atomic E-state index is 0.645. The smallest absolute Gasteiger partial charge is 0.224 e. The van der Waals surface area contributed by atoms with Crippen molar-refractivity contribution in [2.45, 2.75) is 20.3 Å². The van der Waals surface area contributed by atoms with Crippen LogP contribution in [-0.2, 0) is 13.5 Å². The van der Waals surface area contributed by atoms with Gasteiger partial charge in [0.2, 0.25) is 5.95 Å². The second kappa shape index (κ2) is 6.12. The summed E-state index contributed by atoms with van der Waals surface area (Å²) in [7, 11) is 1.86. The minimum absolute atomic E-state index is 0.645. The van der Waals surface area contributed by atoms with Gasteiger partial charge < -0.3 is 10.6 Å². The minimum Gasteiger partial charge on any atom is -0.369 e. The summed E-state index contributed by atoms with van der Waals surface area (Å²) >= 11 is 0. The van der Waals surface area contributed by atoms with Crippen LogP contribution in [0.5, 0.6) is 0 Å². The van der Waals surface area contributed by atoms with Crippen LogP contribution >= 0.6 is 0 Å². The molecule has 0 unspecified atom stereocenters. The van der Waals surface area contributed by atoms with Gasteiger partial charge in [-0.2, -0.15) is 10.1 Å². The number of nitrogens with zero attached hydrogens (tertiary/aromatic N) is 5. The van der Waals surface area contributed by atoms with Gasteiger partial charge >= 0.3 is 0 Å². The largest absolute Gasteiger partial charge is 0.369 e. The summed E-state index contributed by atoms with van der Waals surface area (Å²) in [6, 6.07) is 0. The molecule has 0 aliphatic heterocycles. The molecule has 0 saturated heterocycles. The fourth-order valence-electron chi connectivity index (χ4n) is 1.66. The number of hydrogen-bond donors (Lipinski definition) is 2. The highest BCUT2D eigenvalue weighted by Crippen LogP contribution is 2.12. The predicted molar refractivity (Wildman–Crippen MR) is 74.1 cm³/mol. The van der Waals surface area contributed by atoms with Crippen LogP contribution in [0.15, 0.2) is 12.5 Å². The van der Waals surface area contributed by atoms with Gasteiger partial charge in [0, 0.05) is 38.3 Å². The standard InChI is InChI=1S/C12H19N7/c1-4-13-12-15-7-9(2)11(17-12)14-6-5-10-16-8-19(3)18-10/h7-8H,4-6H2,1-3H3,(H2,13,14,15,17). The number of hydrogen-bond acceptors (Lipinski definition) is 6. The van der Waals surface area contributed by atoms with Crippen molar-refractivity contribution < 1.29 is 0 Å². The monoisotopic (exact) mass is 261 g/mol. The quantitative estimate of drug-likeness (QED) is 0.807. The van der Waals surface area contributed by atoms with E-state index in [2.05, 4.69) is 30.7 Å². The number of anilines is 2. The lowest BCUT2D eigenvalue weighted by molar-refractivity contribution is 0.741. The third-order valence-electron chi connectivity index (χ3n) is 2.59. The highest BCUT2D eigenvalue weighted by molar-refractivity contribution is 5.46. The van der Waals surface area contributed by atoms with Gasteiger partial charge in [0.1, 0.15) is 12.1 Å². The summed E-state index contributed by atoms with van der Waals surface area (Å²) < 4.78 is 1.70. The molecule has 0 atom stereocenters. The van der Waals surface area contributed by atoms with E-state index < -0.39 is 0 Å². The maximum absolute atomic E-state index is 4.42. The van der Waals surface area contributed by atoms with E-state index in [1.807, 2.05) is 27.1 Å². The van der Waals surface area contributed by atoms with Crippen molar-refractivity contribution >= 4 is 11.8 Å². The Balaban J connectivity index is 1.93. The van der Waals surface area contributed by atoms with Gasteiger partial charge in [0.15, 0.2) is 5.82 Å². The lowest BCUT2D eigenvalue weighted by Gasteiger charge is -2.09. The maximum atomic E-state index is 4.42. The molecule has 0 saturated carbocycles. The molecule has 0 aromatic carbocycles. The third-order valence-corrected chi connectivity index (χ3v) is 2.59. The highest BCUT2D eigenvalue weighted by Gasteiger charge is 2.04. The molecule has 102 valence electrons. The maximum Gasteiger partial charge on any atom is 0.224 e. The van der Waals surface area contributed by atoms with Crippen LogP contribution in [0.2, 0.25) is 0 Å². The Labute approximate surface area is 112 Å². The van der Waals surface area contributed by atoms with Crippen molar-refractivity contribution in [2.75, 3.05) is 23.7 Å². The van der Waals surface area contributed by atoms with Crippen LogP contribution in [0.1, 0.15) is 18.3 Å². The zero-order valence-electron chi connectivity index (χ0n) is 11.5. The fourth-order valence-corrected chi connectivity index (χ4v) is 1.66. The molecule has 2 heterocycles. The molecule has 0 fully saturated rings. The van der Waals surface area contributed by atoms with Gasteiger partial charge in [-0.25, -0.2) is 9.97 Å². The molecule has 7 heteroatoms. The zero-order valence-corrected chi connectivity index (χ0v) is 11.5. The van der Waals surface area contributed by atoms with Gasteiger partial charge in [-0.1, -0.05) is 0 Å². The first-order valence-electron chi connectivity index (χ1n) is 6.35. The zero-order chi connectivity index (χ0) is 13.7. The molecule has 2 rings (SSSR count). The number of nitrogens with one attached hydrogen (secondary N) is 2. The number of aromatic nitrogens is 5. The lowest BCUT2D eigenvalue weighted by Crippen LogP contribution is -2.11. The van der Waals surface area contributed by atoms with E-state index in [1.54, 1.807) is 11.0 Å². The van der Waals surface area contributed by atoms with Gasteiger partial charge in [-0.05, 0) is 13.8 Å². The first kappa shape index (κ1) is 13.3. The summed E-state index contributed by atoms with van der Waals surface area (Å²) in [6.45, 7) is 5.55. The van der Waals surface area contributed by atoms with Crippen molar-refractivity contribution in [1.29, 1.82) is 0 Å². The summed E-state index contributed by atoms with van der Waals surface area (Å²) in [5.74, 6) is 2.32. The highest BCUT2D eigenvalue weighted by atomic mass is 15.3. The molecule has 0 radical (unpaired) electrons. The first-order valence-corrected chi connectivity index (χ1v) is 6.35. The summed E-state index contributed by atoms with van der Waals surface area (Å²) in [6.07, 6.45) is 4.28. The fraction of sp³-hybridized carbons (Fsp3) is 0.500. The molecule has 2 aromatic heterocycles. The average molecular weight is 261 g/mol. The molecular formula is C12H19N7.